The Balaban J connectivity index is 2.29. The number of carbonyl (C=O) groups is 1. The van der Waals surface area contributed by atoms with Gasteiger partial charge in [-0.15, -0.1) is 0 Å². The SMILES string of the molecule is CCCCC(=O)N(c1ccc(Cl)cc1)[C@@H]1C=CS(=O)(=O)C1. The van der Waals surface area contributed by atoms with Gasteiger partial charge in [0.2, 0.25) is 5.91 Å². The fourth-order valence-electron chi connectivity index (χ4n) is 2.29. The predicted octanol–water partition coefficient (Wildman–Crippen LogP) is 3.17. The van der Waals surface area contributed by atoms with Crippen molar-refractivity contribution in [1.82, 2.24) is 0 Å². The first-order chi connectivity index (χ1) is 9.93. The highest BCUT2D eigenvalue weighted by Gasteiger charge is 2.30. The third-order valence-electron chi connectivity index (χ3n) is 3.36. The van der Waals surface area contributed by atoms with Gasteiger partial charge in [0, 0.05) is 22.5 Å². The molecule has 0 aliphatic carbocycles. The van der Waals surface area contributed by atoms with Crippen molar-refractivity contribution in [1.29, 1.82) is 0 Å². The average molecular weight is 328 g/mol. The van der Waals surface area contributed by atoms with Gasteiger partial charge in [0.15, 0.2) is 9.84 Å². The highest BCUT2D eigenvalue weighted by atomic mass is 35.5. The van der Waals surface area contributed by atoms with Crippen molar-refractivity contribution >= 4 is 33.0 Å². The summed E-state index contributed by atoms with van der Waals surface area (Å²) in [5.41, 5.74) is 0.673. The van der Waals surface area contributed by atoms with Crippen molar-refractivity contribution in [3.8, 4) is 0 Å². The number of halogens is 1. The summed E-state index contributed by atoms with van der Waals surface area (Å²) in [6, 6.07) is 6.44. The van der Waals surface area contributed by atoms with Crippen molar-refractivity contribution < 1.29 is 13.2 Å². The van der Waals surface area contributed by atoms with Gasteiger partial charge < -0.3 is 4.90 Å². The number of hydrogen-bond acceptors (Lipinski definition) is 3. The molecule has 6 heteroatoms. The Morgan fingerprint density at radius 1 is 1.33 bits per heavy atom. The van der Waals surface area contributed by atoms with Gasteiger partial charge in [0.05, 0.1) is 11.8 Å². The Morgan fingerprint density at radius 2 is 2.00 bits per heavy atom. The summed E-state index contributed by atoms with van der Waals surface area (Å²) in [7, 11) is -3.21. The molecule has 1 heterocycles. The molecule has 1 aromatic rings. The van der Waals surface area contributed by atoms with Crippen molar-refractivity contribution in [2.24, 2.45) is 0 Å². The van der Waals surface area contributed by atoms with Crippen LogP contribution in [0.15, 0.2) is 35.7 Å². The lowest BCUT2D eigenvalue weighted by molar-refractivity contribution is -0.118. The van der Waals surface area contributed by atoms with Crippen LogP contribution in [0.2, 0.25) is 5.02 Å². The van der Waals surface area contributed by atoms with E-state index in [2.05, 4.69) is 0 Å². The maximum absolute atomic E-state index is 12.4. The molecule has 0 spiro atoms. The monoisotopic (exact) mass is 327 g/mol. The van der Waals surface area contributed by atoms with Crippen LogP contribution in [0, 0.1) is 0 Å². The summed E-state index contributed by atoms with van der Waals surface area (Å²) in [4.78, 5) is 14.0. The van der Waals surface area contributed by atoms with Gasteiger partial charge in [-0.2, -0.15) is 0 Å². The summed E-state index contributed by atoms with van der Waals surface area (Å²) >= 11 is 5.87. The van der Waals surface area contributed by atoms with Gasteiger partial charge in [-0.25, -0.2) is 8.42 Å². The Labute approximate surface area is 130 Å². The smallest absolute Gasteiger partial charge is 0.227 e. The van der Waals surface area contributed by atoms with E-state index < -0.39 is 15.9 Å². The molecule has 0 radical (unpaired) electrons. The number of rotatable bonds is 5. The third-order valence-corrected chi connectivity index (χ3v) is 4.99. The van der Waals surface area contributed by atoms with E-state index >= 15 is 0 Å². The number of carbonyl (C=O) groups excluding carboxylic acids is 1. The number of sulfone groups is 1. The highest BCUT2D eigenvalue weighted by Crippen LogP contribution is 2.25. The number of unbranched alkanes of at least 4 members (excludes halogenated alkanes) is 1. The van der Waals surface area contributed by atoms with Gasteiger partial charge >= 0.3 is 0 Å². The van der Waals surface area contributed by atoms with E-state index in [1.165, 1.54) is 5.41 Å². The quantitative estimate of drug-likeness (QED) is 0.834. The predicted molar refractivity (Wildman–Crippen MR) is 85.2 cm³/mol. The van der Waals surface area contributed by atoms with E-state index in [-0.39, 0.29) is 11.7 Å². The van der Waals surface area contributed by atoms with Crippen LogP contribution in [-0.4, -0.2) is 26.1 Å². The van der Waals surface area contributed by atoms with Crippen LogP contribution < -0.4 is 4.90 Å². The van der Waals surface area contributed by atoms with Gasteiger partial charge in [-0.3, -0.25) is 4.79 Å². The second kappa shape index (κ2) is 6.62. The number of amides is 1. The van der Waals surface area contributed by atoms with Gasteiger partial charge in [-0.05, 0) is 36.8 Å². The normalized spacial score (nSPS) is 19.6. The number of nitrogens with zero attached hydrogens (tertiary/aromatic N) is 1. The Bertz CT molecular complexity index is 637. The van der Waals surface area contributed by atoms with Crippen molar-refractivity contribution in [2.75, 3.05) is 10.7 Å². The van der Waals surface area contributed by atoms with E-state index in [4.69, 9.17) is 11.6 Å². The lowest BCUT2D eigenvalue weighted by atomic mass is 10.1. The zero-order chi connectivity index (χ0) is 15.5. The fourth-order valence-corrected chi connectivity index (χ4v) is 3.68. The molecule has 1 aromatic carbocycles. The molecule has 0 saturated carbocycles. The fraction of sp³-hybridized carbons (Fsp3) is 0.400. The molecule has 21 heavy (non-hydrogen) atoms. The first-order valence-electron chi connectivity index (χ1n) is 6.91. The molecule has 0 fully saturated rings. The molecular formula is C15H18ClNO3S. The molecule has 1 atom stereocenters. The molecular weight excluding hydrogens is 310 g/mol. The molecule has 1 aliphatic heterocycles. The zero-order valence-electron chi connectivity index (χ0n) is 11.8. The summed E-state index contributed by atoms with van der Waals surface area (Å²) in [6.07, 6.45) is 3.68. The molecule has 114 valence electrons. The summed E-state index contributed by atoms with van der Waals surface area (Å²) in [6.45, 7) is 2.01. The minimum atomic E-state index is -3.21. The molecule has 4 nitrogen and oxygen atoms in total. The summed E-state index contributed by atoms with van der Waals surface area (Å²) in [5, 5.41) is 1.77. The first kappa shape index (κ1) is 16.0. The molecule has 1 aliphatic rings. The van der Waals surface area contributed by atoms with Crippen LogP contribution in [0.3, 0.4) is 0 Å². The van der Waals surface area contributed by atoms with E-state index in [0.717, 1.165) is 12.8 Å². The first-order valence-corrected chi connectivity index (χ1v) is 9.01. The molecule has 0 aromatic heterocycles. The van der Waals surface area contributed by atoms with E-state index in [1.807, 2.05) is 6.92 Å². The van der Waals surface area contributed by atoms with Gasteiger partial charge in [0.25, 0.3) is 0 Å². The van der Waals surface area contributed by atoms with Crippen molar-refractivity contribution in [2.45, 2.75) is 32.2 Å². The Hall–Kier alpha value is -1.33. The van der Waals surface area contributed by atoms with Crippen LogP contribution in [0.25, 0.3) is 0 Å². The summed E-state index contributed by atoms with van der Waals surface area (Å²) < 4.78 is 23.2. The molecule has 1 amide bonds. The Morgan fingerprint density at radius 3 is 2.52 bits per heavy atom. The van der Waals surface area contributed by atoms with Gasteiger partial charge in [0.1, 0.15) is 0 Å². The molecule has 2 rings (SSSR count). The molecule has 0 N–H and O–H groups in total. The van der Waals surface area contributed by atoms with Crippen LogP contribution >= 0.6 is 11.6 Å². The lowest BCUT2D eigenvalue weighted by Crippen LogP contribution is -2.41. The second-order valence-corrected chi connectivity index (χ2v) is 7.44. The lowest BCUT2D eigenvalue weighted by Gasteiger charge is -2.27. The van der Waals surface area contributed by atoms with Crippen LogP contribution in [0.5, 0.6) is 0 Å². The number of hydrogen-bond donors (Lipinski definition) is 0. The molecule has 0 saturated heterocycles. The minimum absolute atomic E-state index is 0.0620. The maximum atomic E-state index is 12.4. The zero-order valence-corrected chi connectivity index (χ0v) is 13.4. The minimum Gasteiger partial charge on any atom is -0.304 e. The maximum Gasteiger partial charge on any atom is 0.227 e. The number of anilines is 1. The van der Waals surface area contributed by atoms with Crippen molar-refractivity contribution in [3.63, 3.8) is 0 Å². The van der Waals surface area contributed by atoms with Gasteiger partial charge in [-0.1, -0.05) is 24.9 Å². The summed E-state index contributed by atoms with van der Waals surface area (Å²) in [5.74, 6) is -0.126. The molecule has 0 bridgehead atoms. The van der Waals surface area contributed by atoms with E-state index in [0.29, 0.717) is 17.1 Å². The largest absolute Gasteiger partial charge is 0.304 e. The van der Waals surface area contributed by atoms with Crippen molar-refractivity contribution in [3.05, 3.63) is 40.8 Å². The topological polar surface area (TPSA) is 54.5 Å². The molecule has 0 unspecified atom stereocenters. The Kier molecular flexibility index (Phi) is 5.06. The highest BCUT2D eigenvalue weighted by molar-refractivity contribution is 7.94. The van der Waals surface area contributed by atoms with Crippen LogP contribution in [-0.2, 0) is 14.6 Å². The average Bonchev–Trinajstić information content (AvgIpc) is 2.79. The van der Waals surface area contributed by atoms with Crippen LogP contribution in [0.4, 0.5) is 5.69 Å². The standard InChI is InChI=1S/C15H18ClNO3S/c1-2-3-4-15(18)17(13-7-5-12(16)6-8-13)14-9-10-21(19,20)11-14/h5-10,14H,2-4,11H2,1H3/t14-/m1/s1. The van der Waals surface area contributed by atoms with E-state index in [9.17, 15) is 13.2 Å². The van der Waals surface area contributed by atoms with Crippen LogP contribution in [0.1, 0.15) is 26.2 Å². The number of benzene rings is 1. The van der Waals surface area contributed by atoms with E-state index in [1.54, 1.807) is 35.2 Å². The third kappa shape index (κ3) is 4.08. The second-order valence-electron chi connectivity index (χ2n) is 5.07.